The monoisotopic (exact) mass is 552 g/mol. The Bertz CT molecular complexity index is 1600. The van der Waals surface area contributed by atoms with Crippen molar-refractivity contribution in [2.75, 3.05) is 9.80 Å². The lowest BCUT2D eigenvalue weighted by molar-refractivity contribution is -0.126. The lowest BCUT2D eigenvalue weighted by Crippen LogP contribution is -2.43. The van der Waals surface area contributed by atoms with Gasteiger partial charge in [0.15, 0.2) is 0 Å². The summed E-state index contributed by atoms with van der Waals surface area (Å²) in [5.41, 5.74) is 2.27. The molecule has 2 aliphatic carbocycles. The number of phenols is 1. The van der Waals surface area contributed by atoms with Gasteiger partial charge in [-0.25, -0.2) is 0 Å². The molecule has 7 nitrogen and oxygen atoms in total. The molecule has 3 fully saturated rings. The third-order valence-corrected chi connectivity index (χ3v) is 9.24. The number of aromatic hydroxyl groups is 1. The maximum atomic E-state index is 14.0. The number of phenolic OH excluding ortho intramolecular Hbond substituents is 1. The van der Waals surface area contributed by atoms with Crippen molar-refractivity contribution in [3.8, 4) is 5.75 Å². The quantitative estimate of drug-likeness (QED) is 0.361. The van der Waals surface area contributed by atoms with Crippen LogP contribution in [0.4, 0.5) is 11.4 Å². The largest absolute Gasteiger partial charge is 0.508 e. The molecule has 1 saturated carbocycles. The molecule has 3 aromatic rings. The van der Waals surface area contributed by atoms with Crippen molar-refractivity contribution in [1.29, 1.82) is 0 Å². The number of amides is 4. The van der Waals surface area contributed by atoms with Crippen LogP contribution in [0.1, 0.15) is 24.3 Å². The van der Waals surface area contributed by atoms with Crippen molar-refractivity contribution < 1.29 is 24.3 Å². The smallest absolute Gasteiger partial charge is 0.238 e. The van der Waals surface area contributed by atoms with Gasteiger partial charge in [0, 0.05) is 16.5 Å². The van der Waals surface area contributed by atoms with Gasteiger partial charge in [0.25, 0.3) is 0 Å². The highest BCUT2D eigenvalue weighted by Gasteiger charge is 2.62. The van der Waals surface area contributed by atoms with E-state index in [0.29, 0.717) is 28.4 Å². The van der Waals surface area contributed by atoms with Gasteiger partial charge in [-0.05, 0) is 61.2 Å². The van der Waals surface area contributed by atoms with E-state index >= 15 is 0 Å². The Morgan fingerprint density at radius 1 is 0.675 bits per heavy atom. The molecule has 0 aromatic heterocycles. The molecule has 7 rings (SSSR count). The molecule has 4 amide bonds. The summed E-state index contributed by atoms with van der Waals surface area (Å²) in [6, 6.07) is 22.4. The number of hydrogen-bond donors (Lipinski definition) is 1. The van der Waals surface area contributed by atoms with Gasteiger partial charge >= 0.3 is 0 Å². The van der Waals surface area contributed by atoms with Crippen molar-refractivity contribution in [3.63, 3.8) is 0 Å². The Balaban J connectivity index is 1.36. The fraction of sp³-hybridized carbons (Fsp3) is 0.250. The lowest BCUT2D eigenvalue weighted by atomic mass is 9.57. The van der Waals surface area contributed by atoms with Crippen LogP contribution in [-0.2, 0) is 19.2 Å². The number of rotatable bonds is 3. The Morgan fingerprint density at radius 3 is 1.88 bits per heavy atom. The van der Waals surface area contributed by atoms with Crippen molar-refractivity contribution in [3.05, 3.63) is 101 Å². The van der Waals surface area contributed by atoms with Crippen LogP contribution in [0, 0.1) is 29.6 Å². The summed E-state index contributed by atoms with van der Waals surface area (Å²) in [6.45, 7) is 0. The highest BCUT2D eigenvalue weighted by molar-refractivity contribution is 6.30. The standard InChI is InChI=1S/C32H25ClN2O5/c33-17-11-14-25(36)23(15-17)26-20-12-13-21-27(31(39)34(29(21)37)18-7-3-1-4-8-18)22(20)16-24-28(26)32(40)35(30(24)38)19-9-5-2-6-10-19/h1-12,14-15,21-22,24,26-28,36H,13,16H2. The molecule has 0 bridgehead atoms. The number of anilines is 2. The molecule has 6 atom stereocenters. The highest BCUT2D eigenvalue weighted by Crippen LogP contribution is 2.59. The zero-order chi connectivity index (χ0) is 27.7. The summed E-state index contributed by atoms with van der Waals surface area (Å²) in [7, 11) is 0. The van der Waals surface area contributed by atoms with Crippen molar-refractivity contribution >= 4 is 46.6 Å². The van der Waals surface area contributed by atoms with E-state index in [-0.39, 0.29) is 35.8 Å². The average molecular weight is 553 g/mol. The summed E-state index contributed by atoms with van der Waals surface area (Å²) in [6.07, 6.45) is 2.56. The van der Waals surface area contributed by atoms with Gasteiger partial charge in [0.05, 0.1) is 35.0 Å². The van der Waals surface area contributed by atoms with Crippen LogP contribution in [0.5, 0.6) is 5.75 Å². The predicted molar refractivity (Wildman–Crippen MR) is 148 cm³/mol. The Labute approximate surface area is 235 Å². The zero-order valence-electron chi connectivity index (χ0n) is 21.3. The fourth-order valence-corrected chi connectivity index (χ4v) is 7.55. The van der Waals surface area contributed by atoms with Gasteiger partial charge in [-0.1, -0.05) is 59.6 Å². The first-order valence-electron chi connectivity index (χ1n) is 13.4. The molecule has 8 heteroatoms. The highest BCUT2D eigenvalue weighted by atomic mass is 35.5. The van der Waals surface area contributed by atoms with Gasteiger partial charge < -0.3 is 5.11 Å². The number of nitrogens with zero attached hydrogens (tertiary/aromatic N) is 2. The van der Waals surface area contributed by atoms with Gasteiger partial charge in [-0.3, -0.25) is 29.0 Å². The van der Waals surface area contributed by atoms with E-state index in [1.807, 2.05) is 18.2 Å². The van der Waals surface area contributed by atoms with Crippen LogP contribution in [0.3, 0.4) is 0 Å². The second kappa shape index (κ2) is 9.17. The Morgan fingerprint density at radius 2 is 1.25 bits per heavy atom. The van der Waals surface area contributed by atoms with Gasteiger partial charge in [0.1, 0.15) is 5.75 Å². The number of imide groups is 2. The van der Waals surface area contributed by atoms with E-state index in [9.17, 15) is 24.3 Å². The van der Waals surface area contributed by atoms with Crippen LogP contribution in [0.15, 0.2) is 90.5 Å². The van der Waals surface area contributed by atoms with Crippen LogP contribution < -0.4 is 9.80 Å². The summed E-state index contributed by atoms with van der Waals surface area (Å²) >= 11 is 6.36. The summed E-state index contributed by atoms with van der Waals surface area (Å²) < 4.78 is 0. The van der Waals surface area contributed by atoms with E-state index in [1.165, 1.54) is 15.9 Å². The molecular weight excluding hydrogens is 528 g/mol. The van der Waals surface area contributed by atoms with E-state index in [2.05, 4.69) is 0 Å². The number of fused-ring (bicyclic) bond motifs is 4. The van der Waals surface area contributed by atoms with E-state index < -0.39 is 35.5 Å². The topological polar surface area (TPSA) is 95.0 Å². The SMILES string of the molecule is O=C1C2CC=C3C(CC4C(=O)N(c5ccccc5)C(=O)C4C3c3cc(Cl)ccc3O)C2C(=O)N1c1ccccc1. The summed E-state index contributed by atoms with van der Waals surface area (Å²) in [5, 5.41) is 11.4. The van der Waals surface area contributed by atoms with Gasteiger partial charge in [0.2, 0.25) is 23.6 Å². The summed E-state index contributed by atoms with van der Waals surface area (Å²) in [5.74, 6) is -5.05. The van der Waals surface area contributed by atoms with Crippen LogP contribution in [-0.4, -0.2) is 28.7 Å². The average Bonchev–Trinajstić information content (AvgIpc) is 3.38. The number of allylic oxidation sites excluding steroid dienone is 2. The van der Waals surface area contributed by atoms with Crippen LogP contribution in [0.25, 0.3) is 0 Å². The first-order chi connectivity index (χ1) is 19.4. The maximum absolute atomic E-state index is 14.0. The second-order valence-electron chi connectivity index (χ2n) is 10.9. The number of carbonyl (C=O) groups excluding carboxylic acids is 4. The van der Waals surface area contributed by atoms with E-state index in [4.69, 9.17) is 11.6 Å². The van der Waals surface area contributed by atoms with Crippen LogP contribution in [0.2, 0.25) is 5.02 Å². The molecule has 6 unspecified atom stereocenters. The molecule has 200 valence electrons. The number of hydrogen-bond acceptors (Lipinski definition) is 5. The van der Waals surface area contributed by atoms with E-state index in [0.717, 1.165) is 5.57 Å². The van der Waals surface area contributed by atoms with Crippen molar-refractivity contribution in [2.45, 2.75) is 18.8 Å². The minimum atomic E-state index is -0.770. The van der Waals surface area contributed by atoms with Crippen LogP contribution >= 0.6 is 11.6 Å². The second-order valence-corrected chi connectivity index (χ2v) is 11.4. The zero-order valence-corrected chi connectivity index (χ0v) is 22.1. The van der Waals surface area contributed by atoms with Gasteiger partial charge in [-0.2, -0.15) is 0 Å². The fourth-order valence-electron chi connectivity index (χ4n) is 7.37. The number of para-hydroxylation sites is 2. The molecule has 40 heavy (non-hydrogen) atoms. The molecule has 0 spiro atoms. The number of carbonyl (C=O) groups is 4. The number of benzene rings is 3. The van der Waals surface area contributed by atoms with E-state index in [1.54, 1.807) is 60.7 Å². The van der Waals surface area contributed by atoms with Crippen molar-refractivity contribution in [2.24, 2.45) is 29.6 Å². The Hall–Kier alpha value is -4.23. The molecular formula is C32H25ClN2O5. The third kappa shape index (κ3) is 3.50. The molecule has 1 N–H and O–H groups in total. The van der Waals surface area contributed by atoms with Crippen molar-refractivity contribution in [1.82, 2.24) is 0 Å². The molecule has 2 saturated heterocycles. The summed E-state index contributed by atoms with van der Waals surface area (Å²) in [4.78, 5) is 57.9. The molecule has 3 aromatic carbocycles. The first-order valence-corrected chi connectivity index (χ1v) is 13.8. The third-order valence-electron chi connectivity index (χ3n) is 9.00. The van der Waals surface area contributed by atoms with Gasteiger partial charge in [-0.15, -0.1) is 0 Å². The lowest BCUT2D eigenvalue weighted by Gasteiger charge is -2.44. The number of halogens is 1. The molecule has 4 aliphatic rings. The minimum absolute atomic E-state index is 0.0324. The molecule has 2 aliphatic heterocycles. The normalized spacial score (nSPS) is 29.3. The Kier molecular flexibility index (Phi) is 5.68. The molecule has 2 heterocycles. The molecule has 0 radical (unpaired) electrons. The predicted octanol–water partition coefficient (Wildman–Crippen LogP) is 5.09. The minimum Gasteiger partial charge on any atom is -0.508 e. The maximum Gasteiger partial charge on any atom is 0.238 e. The first kappa shape index (κ1) is 24.8.